The van der Waals surface area contributed by atoms with E-state index in [0.29, 0.717) is 6.54 Å². The largest absolute Gasteiger partial charge is 0.344 e. The first-order valence-electron chi connectivity index (χ1n) is 4.03. The molecule has 0 saturated carbocycles. The molecule has 0 amide bonds. The van der Waals surface area contributed by atoms with Crippen LogP contribution in [0.15, 0.2) is 36.7 Å². The molecular formula is C11H13NS. The van der Waals surface area contributed by atoms with Crippen molar-refractivity contribution in [1.82, 2.24) is 4.90 Å². The first kappa shape index (κ1) is 10.0. The standard InChI is InChI=1S/C11H13NS/c1-5-8(2)7-12-9(3)6-11(13)10(12)4/h1,11,13H,2-4,6-7H2. The normalized spacial score (nSPS) is 21.8. The second-order valence-corrected chi connectivity index (χ2v) is 3.73. The van der Waals surface area contributed by atoms with Crippen LogP contribution in [0.4, 0.5) is 0 Å². The molecule has 1 atom stereocenters. The van der Waals surface area contributed by atoms with Gasteiger partial charge in [-0.15, -0.1) is 6.42 Å². The quantitative estimate of drug-likeness (QED) is 0.517. The van der Waals surface area contributed by atoms with Crippen molar-refractivity contribution in [3.63, 3.8) is 0 Å². The molecule has 1 nitrogen and oxygen atoms in total. The molecule has 0 aliphatic carbocycles. The summed E-state index contributed by atoms with van der Waals surface area (Å²) in [4.78, 5) is 1.99. The first-order valence-corrected chi connectivity index (χ1v) is 4.54. The second-order valence-electron chi connectivity index (χ2n) is 3.11. The minimum Gasteiger partial charge on any atom is -0.344 e. The summed E-state index contributed by atoms with van der Waals surface area (Å²) in [5.74, 6) is 2.50. The third-order valence-corrected chi connectivity index (χ3v) is 2.58. The molecule has 1 unspecified atom stereocenters. The van der Waals surface area contributed by atoms with Crippen molar-refractivity contribution in [2.45, 2.75) is 11.7 Å². The van der Waals surface area contributed by atoms with E-state index in [2.05, 4.69) is 38.3 Å². The highest BCUT2D eigenvalue weighted by atomic mass is 32.1. The van der Waals surface area contributed by atoms with Crippen LogP contribution in [0.2, 0.25) is 0 Å². The van der Waals surface area contributed by atoms with Crippen molar-refractivity contribution >= 4 is 12.6 Å². The van der Waals surface area contributed by atoms with Crippen LogP contribution in [-0.4, -0.2) is 16.7 Å². The summed E-state index contributed by atoms with van der Waals surface area (Å²) in [7, 11) is 0. The number of likely N-dealkylation sites (tertiary alicyclic amines) is 1. The van der Waals surface area contributed by atoms with Crippen LogP contribution in [0.5, 0.6) is 0 Å². The monoisotopic (exact) mass is 191 g/mol. The van der Waals surface area contributed by atoms with Crippen molar-refractivity contribution < 1.29 is 0 Å². The van der Waals surface area contributed by atoms with Gasteiger partial charge in [0.2, 0.25) is 0 Å². The minimum atomic E-state index is 0.179. The number of rotatable bonds is 2. The van der Waals surface area contributed by atoms with Crippen molar-refractivity contribution in [3.8, 4) is 12.3 Å². The van der Waals surface area contributed by atoms with E-state index in [1.54, 1.807) is 0 Å². The molecule has 0 aromatic rings. The van der Waals surface area contributed by atoms with E-state index in [9.17, 15) is 0 Å². The summed E-state index contributed by atoms with van der Waals surface area (Å²) in [6.45, 7) is 12.2. The molecule has 0 aromatic carbocycles. The summed E-state index contributed by atoms with van der Waals surface area (Å²) in [5.41, 5.74) is 2.72. The third-order valence-electron chi connectivity index (χ3n) is 2.10. The Bertz CT molecular complexity index is 309. The lowest BCUT2D eigenvalue weighted by atomic mass is 10.3. The molecule has 0 aromatic heterocycles. The number of allylic oxidation sites excluding steroid dienone is 1. The third kappa shape index (κ3) is 1.99. The van der Waals surface area contributed by atoms with Crippen molar-refractivity contribution in [1.29, 1.82) is 0 Å². The fourth-order valence-electron chi connectivity index (χ4n) is 1.28. The lowest BCUT2D eigenvalue weighted by Gasteiger charge is -2.20. The fraction of sp³-hybridized carbons (Fsp3) is 0.273. The van der Waals surface area contributed by atoms with Crippen LogP contribution in [-0.2, 0) is 0 Å². The zero-order valence-electron chi connectivity index (χ0n) is 7.58. The fourth-order valence-corrected chi connectivity index (χ4v) is 1.63. The number of thiol groups is 1. The molecule has 13 heavy (non-hydrogen) atoms. The molecule has 0 N–H and O–H groups in total. The molecular weight excluding hydrogens is 178 g/mol. The topological polar surface area (TPSA) is 3.24 Å². The van der Waals surface area contributed by atoms with Crippen LogP contribution in [0.3, 0.4) is 0 Å². The maximum Gasteiger partial charge on any atom is 0.0548 e. The van der Waals surface area contributed by atoms with Gasteiger partial charge >= 0.3 is 0 Å². The summed E-state index contributed by atoms with van der Waals surface area (Å²) in [6.07, 6.45) is 6.07. The Labute approximate surface area is 85.2 Å². The Morgan fingerprint density at radius 2 is 2.31 bits per heavy atom. The number of terminal acetylenes is 1. The van der Waals surface area contributed by atoms with Gasteiger partial charge in [0.25, 0.3) is 0 Å². The van der Waals surface area contributed by atoms with Crippen LogP contribution in [0.1, 0.15) is 6.42 Å². The molecule has 0 bridgehead atoms. The Morgan fingerprint density at radius 3 is 2.69 bits per heavy atom. The maximum atomic E-state index is 5.22. The van der Waals surface area contributed by atoms with Gasteiger partial charge in [-0.1, -0.05) is 25.7 Å². The Kier molecular flexibility index (Phi) is 2.90. The lowest BCUT2D eigenvalue weighted by molar-refractivity contribution is 0.505. The van der Waals surface area contributed by atoms with E-state index in [1.807, 2.05) is 4.90 Å². The predicted octanol–water partition coefficient (Wildman–Crippen LogP) is 2.21. The van der Waals surface area contributed by atoms with Crippen LogP contribution >= 0.6 is 12.6 Å². The molecule has 1 saturated heterocycles. The van der Waals surface area contributed by atoms with Gasteiger partial charge < -0.3 is 4.90 Å². The molecule has 68 valence electrons. The SMILES string of the molecule is C#CC(=C)CN1C(=C)CC(S)C1=C. The highest BCUT2D eigenvalue weighted by molar-refractivity contribution is 7.81. The summed E-state index contributed by atoms with van der Waals surface area (Å²) < 4.78 is 0. The van der Waals surface area contributed by atoms with Gasteiger partial charge in [0.15, 0.2) is 0 Å². The average molecular weight is 191 g/mol. The van der Waals surface area contributed by atoms with Crippen molar-refractivity contribution in [3.05, 3.63) is 36.7 Å². The first-order chi connectivity index (χ1) is 6.06. The summed E-state index contributed by atoms with van der Waals surface area (Å²) >= 11 is 4.37. The molecule has 1 rings (SSSR count). The molecule has 1 aliphatic rings. The Balaban J connectivity index is 2.71. The number of nitrogens with zero attached hydrogens (tertiary/aromatic N) is 1. The van der Waals surface area contributed by atoms with E-state index >= 15 is 0 Å². The minimum absolute atomic E-state index is 0.179. The van der Waals surface area contributed by atoms with E-state index in [4.69, 9.17) is 6.42 Å². The Morgan fingerprint density at radius 1 is 1.69 bits per heavy atom. The zero-order valence-corrected chi connectivity index (χ0v) is 8.48. The molecule has 1 heterocycles. The van der Waals surface area contributed by atoms with Gasteiger partial charge in [-0.05, 0) is 0 Å². The van der Waals surface area contributed by atoms with Crippen molar-refractivity contribution in [2.75, 3.05) is 6.54 Å². The maximum absolute atomic E-state index is 5.22. The van der Waals surface area contributed by atoms with Gasteiger partial charge in [-0.2, -0.15) is 12.6 Å². The van der Waals surface area contributed by atoms with Gasteiger partial charge in [-0.3, -0.25) is 0 Å². The molecule has 2 heteroatoms. The van der Waals surface area contributed by atoms with E-state index in [1.165, 1.54) is 0 Å². The summed E-state index contributed by atoms with van der Waals surface area (Å²) in [5, 5.41) is 0.179. The second kappa shape index (κ2) is 3.76. The van der Waals surface area contributed by atoms with Crippen molar-refractivity contribution in [2.24, 2.45) is 0 Å². The molecule has 1 aliphatic heterocycles. The Hall–Kier alpha value is -1.07. The van der Waals surface area contributed by atoms with Crippen LogP contribution in [0, 0.1) is 12.3 Å². The predicted molar refractivity (Wildman–Crippen MR) is 60.4 cm³/mol. The highest BCUT2D eigenvalue weighted by Gasteiger charge is 2.26. The molecule has 1 fully saturated rings. The van der Waals surface area contributed by atoms with Gasteiger partial charge in [0, 0.05) is 28.6 Å². The highest BCUT2D eigenvalue weighted by Crippen LogP contribution is 2.32. The zero-order chi connectivity index (χ0) is 10.0. The van der Waals surface area contributed by atoms with Gasteiger partial charge in [-0.25, -0.2) is 0 Å². The lowest BCUT2D eigenvalue weighted by Crippen LogP contribution is -2.18. The molecule has 0 spiro atoms. The van der Waals surface area contributed by atoms with E-state index in [-0.39, 0.29) is 5.25 Å². The van der Waals surface area contributed by atoms with Gasteiger partial charge in [0.1, 0.15) is 0 Å². The van der Waals surface area contributed by atoms with Crippen LogP contribution < -0.4 is 0 Å². The smallest absolute Gasteiger partial charge is 0.0548 e. The van der Waals surface area contributed by atoms with E-state index in [0.717, 1.165) is 23.4 Å². The van der Waals surface area contributed by atoms with Gasteiger partial charge in [0.05, 0.1) is 6.54 Å². The summed E-state index contributed by atoms with van der Waals surface area (Å²) in [6, 6.07) is 0. The van der Waals surface area contributed by atoms with Crippen LogP contribution in [0.25, 0.3) is 0 Å². The van der Waals surface area contributed by atoms with E-state index < -0.39 is 0 Å². The number of hydrogen-bond donors (Lipinski definition) is 1. The molecule has 0 radical (unpaired) electrons. The number of hydrogen-bond acceptors (Lipinski definition) is 2. The average Bonchev–Trinajstić information content (AvgIpc) is 2.32.